The van der Waals surface area contributed by atoms with Crippen molar-refractivity contribution in [1.82, 2.24) is 10.2 Å². The highest BCUT2D eigenvalue weighted by molar-refractivity contribution is 6.30. The second kappa shape index (κ2) is 7.42. The van der Waals surface area contributed by atoms with Crippen molar-refractivity contribution >= 4 is 17.5 Å². The van der Waals surface area contributed by atoms with E-state index in [-0.39, 0.29) is 22.7 Å². The van der Waals surface area contributed by atoms with Crippen LogP contribution >= 0.6 is 11.6 Å². The molecular formula is C17H24ClFN2O. The molecule has 1 aliphatic rings. The Labute approximate surface area is 136 Å². The molecule has 0 radical (unpaired) electrons. The number of carbonyl (C=O) groups is 1. The summed E-state index contributed by atoms with van der Waals surface area (Å²) in [6.45, 7) is 8.21. The number of piperidine rings is 1. The lowest BCUT2D eigenvalue weighted by Gasteiger charge is -2.38. The summed E-state index contributed by atoms with van der Waals surface area (Å²) >= 11 is 5.69. The van der Waals surface area contributed by atoms with Gasteiger partial charge in [0.15, 0.2) is 0 Å². The second-order valence-electron chi connectivity index (χ2n) is 6.44. The average Bonchev–Trinajstić information content (AvgIpc) is 2.48. The van der Waals surface area contributed by atoms with Crippen LogP contribution in [0, 0.1) is 17.7 Å². The van der Waals surface area contributed by atoms with E-state index in [2.05, 4.69) is 12.2 Å². The largest absolute Gasteiger partial charge is 0.342 e. The lowest BCUT2D eigenvalue weighted by atomic mass is 9.93. The molecule has 1 fully saturated rings. The third-order valence-corrected chi connectivity index (χ3v) is 4.57. The van der Waals surface area contributed by atoms with Crippen LogP contribution in [0.2, 0.25) is 5.02 Å². The molecule has 2 atom stereocenters. The summed E-state index contributed by atoms with van der Waals surface area (Å²) in [7, 11) is 0. The van der Waals surface area contributed by atoms with E-state index in [1.54, 1.807) is 6.07 Å². The molecular weight excluding hydrogens is 303 g/mol. The first kappa shape index (κ1) is 17.2. The smallest absolute Gasteiger partial charge is 0.225 e. The van der Waals surface area contributed by atoms with Gasteiger partial charge >= 0.3 is 0 Å². The van der Waals surface area contributed by atoms with E-state index in [0.29, 0.717) is 18.5 Å². The van der Waals surface area contributed by atoms with Gasteiger partial charge < -0.3 is 10.2 Å². The number of amides is 1. The van der Waals surface area contributed by atoms with E-state index in [1.165, 1.54) is 6.07 Å². The molecule has 1 saturated heterocycles. The molecule has 0 aliphatic carbocycles. The minimum atomic E-state index is -0.383. The molecule has 0 unspecified atom stereocenters. The highest BCUT2D eigenvalue weighted by Crippen LogP contribution is 2.20. The third kappa shape index (κ3) is 4.20. The number of hydrogen-bond acceptors (Lipinski definition) is 2. The van der Waals surface area contributed by atoms with Crippen molar-refractivity contribution in [2.24, 2.45) is 11.8 Å². The monoisotopic (exact) mass is 326 g/mol. The molecule has 3 nitrogen and oxygen atoms in total. The summed E-state index contributed by atoms with van der Waals surface area (Å²) in [5, 5.41) is 3.63. The van der Waals surface area contributed by atoms with Crippen molar-refractivity contribution in [1.29, 1.82) is 0 Å². The van der Waals surface area contributed by atoms with Gasteiger partial charge in [0.1, 0.15) is 5.82 Å². The molecule has 0 spiro atoms. The van der Waals surface area contributed by atoms with Gasteiger partial charge in [-0.25, -0.2) is 4.39 Å². The molecule has 1 amide bonds. The Kier molecular flexibility index (Phi) is 5.81. The van der Waals surface area contributed by atoms with Crippen LogP contribution in [0.1, 0.15) is 32.8 Å². The third-order valence-electron chi connectivity index (χ3n) is 4.26. The SMILES string of the molecule is CC(C)C(=O)N1CC[C@H](NCc2ccc(Cl)c(F)c2)[C@H](C)C1. The standard InChI is InChI=1S/C17H24ClFN2O/c1-11(2)17(22)21-7-6-16(12(3)10-21)20-9-13-4-5-14(18)15(19)8-13/h4-5,8,11-12,16,20H,6-7,9-10H2,1-3H3/t12-,16+/m1/s1. The van der Waals surface area contributed by atoms with E-state index in [4.69, 9.17) is 11.6 Å². The molecule has 0 aromatic heterocycles. The van der Waals surface area contributed by atoms with E-state index < -0.39 is 0 Å². The summed E-state index contributed by atoms with van der Waals surface area (Å²) in [5.74, 6) is 0.277. The molecule has 1 aromatic rings. The summed E-state index contributed by atoms with van der Waals surface area (Å²) in [4.78, 5) is 14.0. The molecule has 22 heavy (non-hydrogen) atoms. The van der Waals surface area contributed by atoms with E-state index in [1.807, 2.05) is 24.8 Å². The van der Waals surface area contributed by atoms with E-state index in [9.17, 15) is 9.18 Å². The zero-order chi connectivity index (χ0) is 16.3. The highest BCUT2D eigenvalue weighted by atomic mass is 35.5. The molecule has 5 heteroatoms. The first-order valence-corrected chi connectivity index (χ1v) is 8.22. The summed E-state index contributed by atoms with van der Waals surface area (Å²) in [6, 6.07) is 5.23. The van der Waals surface area contributed by atoms with Gasteiger partial charge in [0, 0.05) is 31.6 Å². The van der Waals surface area contributed by atoms with E-state index >= 15 is 0 Å². The van der Waals surface area contributed by atoms with Crippen LogP contribution in [0.5, 0.6) is 0 Å². The van der Waals surface area contributed by atoms with Gasteiger partial charge in [0.05, 0.1) is 5.02 Å². The van der Waals surface area contributed by atoms with Crippen LogP contribution in [-0.2, 0) is 11.3 Å². The highest BCUT2D eigenvalue weighted by Gasteiger charge is 2.29. The Morgan fingerprint density at radius 2 is 2.23 bits per heavy atom. The Hall–Kier alpha value is -1.13. The number of hydrogen-bond donors (Lipinski definition) is 1. The van der Waals surface area contributed by atoms with Crippen LogP contribution in [0.4, 0.5) is 4.39 Å². The first-order chi connectivity index (χ1) is 10.4. The number of benzene rings is 1. The molecule has 0 bridgehead atoms. The van der Waals surface area contributed by atoms with Crippen molar-refractivity contribution in [3.63, 3.8) is 0 Å². The fourth-order valence-corrected chi connectivity index (χ4v) is 3.03. The van der Waals surface area contributed by atoms with Crippen LogP contribution in [0.3, 0.4) is 0 Å². The average molecular weight is 327 g/mol. The van der Waals surface area contributed by atoms with Gasteiger partial charge in [-0.15, -0.1) is 0 Å². The first-order valence-electron chi connectivity index (χ1n) is 7.84. The lowest BCUT2D eigenvalue weighted by Crippen LogP contribution is -2.50. The summed E-state index contributed by atoms with van der Waals surface area (Å²) in [5.41, 5.74) is 0.884. The van der Waals surface area contributed by atoms with Gasteiger partial charge in [0.2, 0.25) is 5.91 Å². The maximum absolute atomic E-state index is 13.4. The van der Waals surface area contributed by atoms with Gasteiger partial charge in [-0.05, 0) is 30.0 Å². The molecule has 1 aromatic carbocycles. The van der Waals surface area contributed by atoms with Gasteiger partial charge in [0.25, 0.3) is 0 Å². The normalized spacial score (nSPS) is 22.2. The second-order valence-corrected chi connectivity index (χ2v) is 6.85. The van der Waals surface area contributed by atoms with Crippen molar-refractivity contribution in [3.05, 3.63) is 34.6 Å². The van der Waals surface area contributed by atoms with Crippen molar-refractivity contribution in [2.75, 3.05) is 13.1 Å². The van der Waals surface area contributed by atoms with Gasteiger partial charge in [-0.2, -0.15) is 0 Å². The number of likely N-dealkylation sites (tertiary alicyclic amines) is 1. The Morgan fingerprint density at radius 3 is 2.82 bits per heavy atom. The topological polar surface area (TPSA) is 32.3 Å². The maximum atomic E-state index is 13.4. The summed E-state index contributed by atoms with van der Waals surface area (Å²) < 4.78 is 13.4. The lowest BCUT2D eigenvalue weighted by molar-refractivity contribution is -0.136. The minimum Gasteiger partial charge on any atom is -0.342 e. The molecule has 2 rings (SSSR count). The number of halogens is 2. The predicted molar refractivity (Wildman–Crippen MR) is 87.2 cm³/mol. The maximum Gasteiger partial charge on any atom is 0.225 e. The number of nitrogens with one attached hydrogen (secondary N) is 1. The van der Waals surface area contributed by atoms with Gasteiger partial charge in [-0.3, -0.25) is 4.79 Å². The van der Waals surface area contributed by atoms with Crippen molar-refractivity contribution < 1.29 is 9.18 Å². The zero-order valence-electron chi connectivity index (χ0n) is 13.4. The number of nitrogens with zero attached hydrogens (tertiary/aromatic N) is 1. The predicted octanol–water partition coefficient (Wildman–Crippen LogP) is 3.46. The fourth-order valence-electron chi connectivity index (χ4n) is 2.91. The Balaban J connectivity index is 1.87. The summed E-state index contributed by atoms with van der Waals surface area (Å²) in [6.07, 6.45) is 0.926. The molecule has 0 saturated carbocycles. The van der Waals surface area contributed by atoms with Gasteiger partial charge in [-0.1, -0.05) is 38.4 Å². The number of rotatable bonds is 4. The molecule has 1 heterocycles. The molecule has 1 aliphatic heterocycles. The Bertz CT molecular complexity index is 535. The van der Waals surface area contributed by atoms with Crippen LogP contribution in [-0.4, -0.2) is 29.9 Å². The Morgan fingerprint density at radius 1 is 1.50 bits per heavy atom. The molecule has 1 N–H and O–H groups in total. The van der Waals surface area contributed by atoms with E-state index in [0.717, 1.165) is 25.1 Å². The van der Waals surface area contributed by atoms with Crippen molar-refractivity contribution in [3.8, 4) is 0 Å². The van der Waals surface area contributed by atoms with Crippen LogP contribution in [0.25, 0.3) is 0 Å². The zero-order valence-corrected chi connectivity index (χ0v) is 14.2. The van der Waals surface area contributed by atoms with Crippen LogP contribution < -0.4 is 5.32 Å². The fraction of sp³-hybridized carbons (Fsp3) is 0.588. The van der Waals surface area contributed by atoms with Crippen LogP contribution in [0.15, 0.2) is 18.2 Å². The molecule has 122 valence electrons. The van der Waals surface area contributed by atoms with Crippen molar-refractivity contribution in [2.45, 2.75) is 39.8 Å². The number of carbonyl (C=O) groups excluding carboxylic acids is 1. The quantitative estimate of drug-likeness (QED) is 0.919. The minimum absolute atomic E-state index is 0.0498.